The van der Waals surface area contributed by atoms with E-state index < -0.39 is 59.7 Å². The molecule has 0 heterocycles. The van der Waals surface area contributed by atoms with Crippen molar-refractivity contribution in [3.63, 3.8) is 0 Å². The summed E-state index contributed by atoms with van der Waals surface area (Å²) in [6, 6.07) is 0. The van der Waals surface area contributed by atoms with Gasteiger partial charge in [0.1, 0.15) is 0 Å². The summed E-state index contributed by atoms with van der Waals surface area (Å²) in [5, 5.41) is 0. The standard InChI is InChI=1S/C10F22O/c11-1(5(14,15)16,6(17,18)19)4(33-32,2(12,7(20,21)22)8(23,24)25)3(13,9(26,27)28)10(29,30)31. The van der Waals surface area contributed by atoms with Gasteiger partial charge in [0, 0.05) is 0 Å². The van der Waals surface area contributed by atoms with E-state index in [2.05, 4.69) is 0 Å². The van der Waals surface area contributed by atoms with Crippen molar-refractivity contribution in [1.29, 1.82) is 0 Å². The zero-order valence-electron chi connectivity index (χ0n) is 13.7. The Kier molecular flexibility index (Phi) is 7.10. The lowest BCUT2D eigenvalue weighted by Gasteiger charge is -2.55. The number of halogens is 22. The molecule has 0 aliphatic rings. The average Bonchev–Trinajstić information content (AvgIpc) is 2.48. The molecule has 0 saturated carbocycles. The van der Waals surface area contributed by atoms with Crippen LogP contribution in [-0.2, 0) is 4.94 Å². The Morgan fingerprint density at radius 3 is 0.455 bits per heavy atom. The summed E-state index contributed by atoms with van der Waals surface area (Å²) in [6.07, 6.45) is -54.2. The van der Waals surface area contributed by atoms with Gasteiger partial charge >= 0.3 is 54.1 Å². The first-order chi connectivity index (χ1) is 13.8. The van der Waals surface area contributed by atoms with Gasteiger partial charge in [-0.3, -0.25) is 0 Å². The van der Waals surface area contributed by atoms with Crippen LogP contribution in [0, 0.1) is 0 Å². The quantitative estimate of drug-likeness (QED) is 0.337. The molecule has 0 aliphatic carbocycles. The monoisotopic (exact) mass is 554 g/mol. The van der Waals surface area contributed by atoms with Gasteiger partial charge in [-0.1, -0.05) is 0 Å². The van der Waals surface area contributed by atoms with Crippen molar-refractivity contribution in [2.24, 2.45) is 0 Å². The van der Waals surface area contributed by atoms with E-state index in [1.807, 2.05) is 0 Å². The summed E-state index contributed by atoms with van der Waals surface area (Å²) in [7, 11) is 0. The molecule has 0 amide bonds. The molecule has 0 unspecified atom stereocenters. The number of alkyl halides is 21. The zero-order valence-corrected chi connectivity index (χ0v) is 13.7. The maximum Gasteiger partial charge on any atom is 0.434 e. The third-order valence-corrected chi connectivity index (χ3v) is 3.91. The van der Waals surface area contributed by atoms with Gasteiger partial charge in [0.05, 0.1) is 0 Å². The summed E-state index contributed by atoms with van der Waals surface area (Å²) in [5.74, 6) is 0. The van der Waals surface area contributed by atoms with Crippen LogP contribution in [0.15, 0.2) is 0 Å². The molecule has 33 heavy (non-hydrogen) atoms. The predicted octanol–water partition coefficient (Wildman–Crippen LogP) is 7.13. The van der Waals surface area contributed by atoms with Gasteiger partial charge < -0.3 is 0 Å². The summed E-state index contributed by atoms with van der Waals surface area (Å²) in [5.41, 5.74) is -39.0. The Labute approximate surface area is 163 Å². The second-order valence-electron chi connectivity index (χ2n) is 5.72. The Morgan fingerprint density at radius 1 is 0.273 bits per heavy atom. The number of rotatable bonds is 4. The summed E-state index contributed by atoms with van der Waals surface area (Å²) < 4.78 is 285. The molecule has 0 fully saturated rings. The fourth-order valence-electron chi connectivity index (χ4n) is 2.55. The van der Waals surface area contributed by atoms with Crippen LogP contribution in [0.25, 0.3) is 0 Å². The SMILES string of the molecule is FOC(C(F)(C(F)(F)F)C(F)(F)F)(C(F)(C(F)(F)F)C(F)(F)F)C(F)(C(F)(F)F)C(F)(F)F. The molecule has 0 aromatic carbocycles. The van der Waals surface area contributed by atoms with Crippen molar-refractivity contribution < 1.29 is 102 Å². The summed E-state index contributed by atoms with van der Waals surface area (Å²) in [4.78, 5) is 0.447. The van der Waals surface area contributed by atoms with Crippen molar-refractivity contribution in [3.05, 3.63) is 0 Å². The normalized spacial score (nSPS) is 16.9. The molecule has 23 heteroatoms. The smallest absolute Gasteiger partial charge is 0.220 e. The Bertz CT molecular complexity index is 559. The van der Waals surface area contributed by atoms with E-state index in [4.69, 9.17) is 0 Å². The molecule has 0 rings (SSSR count). The zero-order chi connectivity index (χ0) is 27.7. The minimum Gasteiger partial charge on any atom is -0.220 e. The molecule has 0 bridgehead atoms. The highest BCUT2D eigenvalue weighted by Gasteiger charge is 3.07. The van der Waals surface area contributed by atoms with Crippen LogP contribution in [0.4, 0.5) is 96.7 Å². The van der Waals surface area contributed by atoms with E-state index >= 15 is 0 Å². The van der Waals surface area contributed by atoms with Gasteiger partial charge in [-0.25, -0.2) is 13.2 Å². The third-order valence-electron chi connectivity index (χ3n) is 3.91. The van der Waals surface area contributed by atoms with Gasteiger partial charge in [0.2, 0.25) is 0 Å². The van der Waals surface area contributed by atoms with E-state index in [9.17, 15) is 96.7 Å². The maximum atomic E-state index is 14.1. The average molecular weight is 554 g/mol. The predicted molar refractivity (Wildman–Crippen MR) is 52.8 cm³/mol. The molecule has 0 atom stereocenters. The van der Waals surface area contributed by atoms with E-state index in [0.717, 1.165) is 0 Å². The molecular formula is C10F22O. The highest BCUT2D eigenvalue weighted by molar-refractivity contribution is 5.33. The first-order valence-electron chi connectivity index (χ1n) is 6.58. The fraction of sp³-hybridized carbons (Fsp3) is 1.00. The van der Waals surface area contributed by atoms with Crippen LogP contribution < -0.4 is 0 Å². The molecule has 0 aliphatic heterocycles. The minimum atomic E-state index is -9.91. The Balaban J connectivity index is 8.94. The van der Waals surface area contributed by atoms with Crippen LogP contribution in [0.5, 0.6) is 0 Å². The van der Waals surface area contributed by atoms with Crippen LogP contribution in [0.2, 0.25) is 0 Å². The number of hydrogen-bond acceptors (Lipinski definition) is 1. The number of hydrogen-bond donors (Lipinski definition) is 0. The molecule has 0 radical (unpaired) electrons. The first-order valence-corrected chi connectivity index (χ1v) is 6.58. The topological polar surface area (TPSA) is 9.23 Å². The Hall–Kier alpha value is -1.58. The van der Waals surface area contributed by atoms with Crippen molar-refractivity contribution in [1.82, 2.24) is 0 Å². The molecule has 0 aromatic rings. The van der Waals surface area contributed by atoms with Crippen LogP contribution in [0.3, 0.4) is 0 Å². The molecular weight excluding hydrogens is 554 g/mol. The fourth-order valence-corrected chi connectivity index (χ4v) is 2.55. The Morgan fingerprint density at radius 2 is 0.394 bits per heavy atom. The van der Waals surface area contributed by atoms with Gasteiger partial charge in [-0.15, -0.1) is 0 Å². The van der Waals surface area contributed by atoms with Crippen molar-refractivity contribution in [2.45, 2.75) is 59.7 Å². The van der Waals surface area contributed by atoms with Crippen LogP contribution >= 0.6 is 0 Å². The first kappa shape index (κ1) is 31.4. The lowest BCUT2D eigenvalue weighted by molar-refractivity contribution is -0.543. The van der Waals surface area contributed by atoms with Gasteiger partial charge in [-0.2, -0.15) is 84.0 Å². The second-order valence-corrected chi connectivity index (χ2v) is 5.72. The highest BCUT2D eigenvalue weighted by Crippen LogP contribution is 2.72. The van der Waals surface area contributed by atoms with Crippen LogP contribution in [-0.4, -0.2) is 59.7 Å². The van der Waals surface area contributed by atoms with E-state index in [-0.39, 0.29) is 0 Å². The molecule has 0 spiro atoms. The lowest BCUT2D eigenvalue weighted by Crippen LogP contribution is -2.91. The molecule has 0 saturated heterocycles. The summed E-state index contributed by atoms with van der Waals surface area (Å²) in [6.45, 7) is 0. The minimum absolute atomic E-state index is 0.447. The van der Waals surface area contributed by atoms with Gasteiger partial charge in [0.15, 0.2) is 0 Å². The highest BCUT2D eigenvalue weighted by atomic mass is 19.5. The second kappa shape index (κ2) is 7.46. The van der Waals surface area contributed by atoms with Gasteiger partial charge in [-0.05, 0) is 4.53 Å². The van der Waals surface area contributed by atoms with Crippen molar-refractivity contribution in [3.8, 4) is 0 Å². The third kappa shape index (κ3) is 3.62. The van der Waals surface area contributed by atoms with E-state index in [0.29, 0.717) is 4.94 Å². The maximum absolute atomic E-state index is 14.1. The largest absolute Gasteiger partial charge is 0.434 e. The molecule has 1 nitrogen and oxygen atoms in total. The van der Waals surface area contributed by atoms with Crippen LogP contribution in [0.1, 0.15) is 0 Å². The molecule has 200 valence electrons. The van der Waals surface area contributed by atoms with Crippen molar-refractivity contribution >= 4 is 0 Å². The van der Waals surface area contributed by atoms with Gasteiger partial charge in [0.25, 0.3) is 5.60 Å². The lowest BCUT2D eigenvalue weighted by atomic mass is 9.61. The van der Waals surface area contributed by atoms with E-state index in [1.165, 1.54) is 0 Å². The summed E-state index contributed by atoms with van der Waals surface area (Å²) >= 11 is 0. The van der Waals surface area contributed by atoms with Crippen molar-refractivity contribution in [2.75, 3.05) is 0 Å². The van der Waals surface area contributed by atoms with E-state index in [1.54, 1.807) is 0 Å². The molecule has 0 aromatic heterocycles. The molecule has 0 N–H and O–H groups in total.